The Morgan fingerprint density at radius 3 is 2.79 bits per heavy atom. The first kappa shape index (κ1) is 16.1. The Labute approximate surface area is 147 Å². The first-order valence-electron chi connectivity index (χ1n) is 6.94. The molecule has 3 rings (SSSR count). The molecule has 0 unspecified atom stereocenters. The number of hydrogen-bond acceptors (Lipinski definition) is 6. The molecular formula is C16H12ClN5OS. The topological polar surface area (TPSA) is 79.3 Å². The van der Waals surface area contributed by atoms with E-state index in [1.54, 1.807) is 18.3 Å². The summed E-state index contributed by atoms with van der Waals surface area (Å²) < 4.78 is 0. The maximum atomic E-state index is 11.8. The molecule has 24 heavy (non-hydrogen) atoms. The number of amides is 1. The van der Waals surface area contributed by atoms with Gasteiger partial charge in [0.05, 0.1) is 16.7 Å². The lowest BCUT2D eigenvalue weighted by Crippen LogP contribution is -2.17. The van der Waals surface area contributed by atoms with Crippen molar-refractivity contribution < 1.29 is 4.79 Å². The molecule has 120 valence electrons. The molecular weight excluding hydrogens is 346 g/mol. The van der Waals surface area contributed by atoms with E-state index in [0.717, 1.165) is 5.69 Å². The van der Waals surface area contributed by atoms with Gasteiger partial charge >= 0.3 is 0 Å². The minimum atomic E-state index is -0.345. The average Bonchev–Trinajstić information content (AvgIpc) is 2.96. The number of halogens is 1. The highest BCUT2D eigenvalue weighted by Crippen LogP contribution is 2.27. The lowest BCUT2D eigenvalue weighted by Gasteiger charge is -2.00. The zero-order chi connectivity index (χ0) is 16.8. The van der Waals surface area contributed by atoms with Crippen molar-refractivity contribution in [3.8, 4) is 0 Å². The van der Waals surface area contributed by atoms with Gasteiger partial charge in [0.25, 0.3) is 5.91 Å². The normalized spacial score (nSPS) is 10.7. The van der Waals surface area contributed by atoms with Crippen molar-refractivity contribution in [1.82, 2.24) is 15.4 Å². The second-order valence-electron chi connectivity index (χ2n) is 4.61. The Morgan fingerprint density at radius 2 is 2.04 bits per heavy atom. The third-order valence-electron chi connectivity index (χ3n) is 2.91. The number of rotatable bonds is 5. The smallest absolute Gasteiger partial charge is 0.272 e. The molecule has 1 amide bonds. The fraction of sp³-hybridized carbons (Fsp3) is 0. The highest BCUT2D eigenvalue weighted by atomic mass is 35.5. The van der Waals surface area contributed by atoms with Crippen molar-refractivity contribution in [3.63, 3.8) is 0 Å². The molecule has 0 aliphatic carbocycles. The average molecular weight is 358 g/mol. The summed E-state index contributed by atoms with van der Waals surface area (Å²) in [6.45, 7) is 0. The van der Waals surface area contributed by atoms with Crippen molar-refractivity contribution in [2.45, 2.75) is 0 Å². The molecule has 0 saturated heterocycles. The number of pyridine rings is 1. The number of nitrogens with one attached hydrogen (secondary N) is 2. The SMILES string of the molecule is O=C(N/N=C/c1sc(Nc2ccccc2)nc1Cl)c1cccnc1. The molecule has 0 atom stereocenters. The molecule has 2 aromatic heterocycles. The van der Waals surface area contributed by atoms with Gasteiger partial charge in [-0.1, -0.05) is 41.1 Å². The summed E-state index contributed by atoms with van der Waals surface area (Å²) in [6, 6.07) is 13.0. The quantitative estimate of drug-likeness (QED) is 0.539. The van der Waals surface area contributed by atoms with E-state index in [1.807, 2.05) is 30.3 Å². The van der Waals surface area contributed by atoms with Crippen LogP contribution < -0.4 is 10.7 Å². The van der Waals surface area contributed by atoms with Crippen molar-refractivity contribution in [1.29, 1.82) is 0 Å². The number of nitrogens with zero attached hydrogens (tertiary/aromatic N) is 3. The van der Waals surface area contributed by atoms with Gasteiger partial charge in [0.2, 0.25) is 0 Å². The van der Waals surface area contributed by atoms with E-state index in [1.165, 1.54) is 23.7 Å². The van der Waals surface area contributed by atoms with Gasteiger partial charge in [0, 0.05) is 18.1 Å². The Hall–Kier alpha value is -2.77. The van der Waals surface area contributed by atoms with Gasteiger partial charge < -0.3 is 5.32 Å². The third-order valence-corrected chi connectivity index (χ3v) is 4.21. The Balaban J connectivity index is 1.64. The number of benzene rings is 1. The van der Waals surface area contributed by atoms with Gasteiger partial charge in [0.15, 0.2) is 10.3 Å². The van der Waals surface area contributed by atoms with Crippen LogP contribution in [0.4, 0.5) is 10.8 Å². The molecule has 0 aliphatic heterocycles. The standard InChI is InChI=1S/C16H12ClN5OS/c17-14-13(10-19-22-15(23)11-5-4-8-18-9-11)24-16(21-14)20-12-6-2-1-3-7-12/h1-10H,(H,20,21)(H,22,23)/b19-10+. The number of hydrogen-bond donors (Lipinski definition) is 2. The van der Waals surface area contributed by atoms with Gasteiger partial charge in [-0.2, -0.15) is 5.10 Å². The lowest BCUT2D eigenvalue weighted by molar-refractivity contribution is 0.0955. The molecule has 0 saturated carbocycles. The van der Waals surface area contributed by atoms with Crippen LogP contribution in [-0.2, 0) is 0 Å². The van der Waals surface area contributed by atoms with Gasteiger partial charge in [-0.05, 0) is 24.3 Å². The molecule has 3 aromatic rings. The highest BCUT2D eigenvalue weighted by molar-refractivity contribution is 7.17. The predicted octanol–water partition coefficient (Wildman–Crippen LogP) is 3.70. The van der Waals surface area contributed by atoms with Crippen LogP contribution in [0.15, 0.2) is 60.0 Å². The molecule has 0 fully saturated rings. The number of hydrazone groups is 1. The van der Waals surface area contributed by atoms with Crippen LogP contribution in [-0.4, -0.2) is 22.1 Å². The minimum absolute atomic E-state index is 0.317. The summed E-state index contributed by atoms with van der Waals surface area (Å²) in [7, 11) is 0. The molecule has 1 aromatic carbocycles. The van der Waals surface area contributed by atoms with E-state index in [-0.39, 0.29) is 5.91 Å². The summed E-state index contributed by atoms with van der Waals surface area (Å²) in [5.74, 6) is -0.345. The minimum Gasteiger partial charge on any atom is -0.331 e. The number of anilines is 2. The third kappa shape index (κ3) is 4.15. The van der Waals surface area contributed by atoms with Gasteiger partial charge in [-0.25, -0.2) is 10.4 Å². The fourth-order valence-electron chi connectivity index (χ4n) is 1.80. The molecule has 2 heterocycles. The molecule has 8 heteroatoms. The molecule has 6 nitrogen and oxygen atoms in total. The summed E-state index contributed by atoms with van der Waals surface area (Å²) in [4.78, 5) is 20.6. The van der Waals surface area contributed by atoms with Gasteiger partial charge in [0.1, 0.15) is 0 Å². The number of para-hydroxylation sites is 1. The van der Waals surface area contributed by atoms with E-state index >= 15 is 0 Å². The van der Waals surface area contributed by atoms with Crippen LogP contribution in [0.1, 0.15) is 15.2 Å². The van der Waals surface area contributed by atoms with Crippen LogP contribution in [0, 0.1) is 0 Å². The van der Waals surface area contributed by atoms with Crippen molar-refractivity contribution in [3.05, 3.63) is 70.5 Å². The molecule has 0 aliphatic rings. The number of thiazole rings is 1. The van der Waals surface area contributed by atoms with Gasteiger partial charge in [-0.3, -0.25) is 9.78 Å². The van der Waals surface area contributed by atoms with E-state index < -0.39 is 0 Å². The second-order valence-corrected chi connectivity index (χ2v) is 5.99. The number of carbonyl (C=O) groups is 1. The van der Waals surface area contributed by atoms with Crippen LogP contribution in [0.25, 0.3) is 0 Å². The zero-order valence-electron chi connectivity index (χ0n) is 12.3. The molecule has 0 radical (unpaired) electrons. The first-order valence-corrected chi connectivity index (χ1v) is 8.13. The van der Waals surface area contributed by atoms with E-state index in [0.29, 0.717) is 20.7 Å². The Morgan fingerprint density at radius 1 is 1.21 bits per heavy atom. The monoisotopic (exact) mass is 357 g/mol. The summed E-state index contributed by atoms with van der Waals surface area (Å²) in [6.07, 6.45) is 4.52. The fourth-order valence-corrected chi connectivity index (χ4v) is 2.85. The van der Waals surface area contributed by atoms with Crippen LogP contribution in [0.3, 0.4) is 0 Å². The molecule has 0 bridgehead atoms. The highest BCUT2D eigenvalue weighted by Gasteiger charge is 2.08. The number of carbonyl (C=O) groups excluding carboxylic acids is 1. The largest absolute Gasteiger partial charge is 0.331 e. The Bertz CT molecular complexity index is 851. The molecule has 0 spiro atoms. The molecule has 2 N–H and O–H groups in total. The van der Waals surface area contributed by atoms with Crippen molar-refractivity contribution >= 4 is 45.9 Å². The maximum absolute atomic E-state index is 11.8. The van der Waals surface area contributed by atoms with Crippen molar-refractivity contribution in [2.24, 2.45) is 5.10 Å². The first-order chi connectivity index (χ1) is 11.7. The predicted molar refractivity (Wildman–Crippen MR) is 96.1 cm³/mol. The van der Waals surface area contributed by atoms with Crippen LogP contribution >= 0.6 is 22.9 Å². The van der Waals surface area contributed by atoms with Gasteiger partial charge in [-0.15, -0.1) is 0 Å². The van der Waals surface area contributed by atoms with Crippen LogP contribution in [0.5, 0.6) is 0 Å². The maximum Gasteiger partial charge on any atom is 0.272 e. The Kier molecular flexibility index (Phi) is 5.15. The zero-order valence-corrected chi connectivity index (χ0v) is 13.9. The number of aromatic nitrogens is 2. The lowest BCUT2D eigenvalue weighted by atomic mass is 10.3. The van der Waals surface area contributed by atoms with Crippen LogP contribution in [0.2, 0.25) is 5.15 Å². The van der Waals surface area contributed by atoms with Crippen molar-refractivity contribution in [2.75, 3.05) is 5.32 Å². The van der Waals surface area contributed by atoms with E-state index in [2.05, 4.69) is 25.8 Å². The van der Waals surface area contributed by atoms with E-state index in [4.69, 9.17) is 11.6 Å². The summed E-state index contributed by atoms with van der Waals surface area (Å²) >= 11 is 7.42. The summed E-state index contributed by atoms with van der Waals surface area (Å²) in [5.41, 5.74) is 3.76. The van der Waals surface area contributed by atoms with E-state index in [9.17, 15) is 4.79 Å². The summed E-state index contributed by atoms with van der Waals surface area (Å²) in [5, 5.41) is 8.02. The second kappa shape index (κ2) is 7.67.